The van der Waals surface area contributed by atoms with Gasteiger partial charge >= 0.3 is 5.97 Å². The molecule has 5 nitrogen and oxygen atoms in total. The van der Waals surface area contributed by atoms with Gasteiger partial charge in [0.2, 0.25) is 5.91 Å². The maximum atomic E-state index is 12.8. The van der Waals surface area contributed by atoms with Crippen LogP contribution in [0.25, 0.3) is 0 Å². The number of carbonyl (C=O) groups is 3. The van der Waals surface area contributed by atoms with Crippen molar-refractivity contribution < 1.29 is 19.5 Å². The third-order valence-electron chi connectivity index (χ3n) is 4.15. The first-order valence-corrected chi connectivity index (χ1v) is 8.95. The van der Waals surface area contributed by atoms with E-state index >= 15 is 0 Å². The number of aliphatic carboxylic acids is 1. The van der Waals surface area contributed by atoms with Crippen molar-refractivity contribution in [1.29, 1.82) is 0 Å². The van der Waals surface area contributed by atoms with Crippen LogP contribution in [0.2, 0.25) is 0 Å². The highest BCUT2D eigenvalue weighted by molar-refractivity contribution is 8.14. The molecular formula is C14H21NO4S2. The Bertz CT molecular complexity index is 466. The summed E-state index contributed by atoms with van der Waals surface area (Å²) in [6.07, 6.45) is 2.52. The number of hydrogen-bond donors (Lipinski definition) is 1. The molecule has 1 saturated heterocycles. The lowest BCUT2D eigenvalue weighted by Gasteiger charge is -2.30. The first-order chi connectivity index (χ1) is 9.74. The fourth-order valence-electron chi connectivity index (χ4n) is 3.16. The van der Waals surface area contributed by atoms with E-state index in [1.54, 1.807) is 0 Å². The average molecular weight is 331 g/mol. The Balaban J connectivity index is 2.15. The SMILES string of the molecule is CC(=O)S[C@@H]1CCC[C@@H]1C(=O)N1CSC(C)(C)C1C(=O)O. The Kier molecular flexibility index (Phi) is 4.92. The number of rotatable bonds is 3. The summed E-state index contributed by atoms with van der Waals surface area (Å²) in [4.78, 5) is 37.1. The molecule has 2 rings (SSSR count). The molecule has 21 heavy (non-hydrogen) atoms. The van der Waals surface area contributed by atoms with E-state index in [0.29, 0.717) is 5.88 Å². The molecule has 0 spiro atoms. The van der Waals surface area contributed by atoms with E-state index in [-0.39, 0.29) is 22.2 Å². The Morgan fingerprint density at radius 3 is 2.52 bits per heavy atom. The van der Waals surface area contributed by atoms with Crippen molar-refractivity contribution in [2.75, 3.05) is 5.88 Å². The molecule has 0 aromatic rings. The molecule has 1 saturated carbocycles. The molecule has 1 heterocycles. The van der Waals surface area contributed by atoms with Gasteiger partial charge in [0, 0.05) is 16.9 Å². The van der Waals surface area contributed by atoms with E-state index in [1.807, 2.05) is 13.8 Å². The van der Waals surface area contributed by atoms with Crippen molar-refractivity contribution in [3.63, 3.8) is 0 Å². The third kappa shape index (κ3) is 3.39. The van der Waals surface area contributed by atoms with Crippen molar-refractivity contribution in [2.24, 2.45) is 5.92 Å². The second kappa shape index (κ2) is 6.20. The molecular weight excluding hydrogens is 310 g/mol. The minimum absolute atomic E-state index is 0.00171. The van der Waals surface area contributed by atoms with E-state index in [4.69, 9.17) is 0 Å². The van der Waals surface area contributed by atoms with Crippen molar-refractivity contribution in [3.05, 3.63) is 0 Å². The van der Waals surface area contributed by atoms with Gasteiger partial charge in [0.1, 0.15) is 6.04 Å². The molecule has 1 amide bonds. The maximum absolute atomic E-state index is 12.8. The maximum Gasteiger partial charge on any atom is 0.327 e. The molecule has 0 aromatic carbocycles. The van der Waals surface area contributed by atoms with Crippen LogP contribution in [0.4, 0.5) is 0 Å². The van der Waals surface area contributed by atoms with E-state index in [1.165, 1.54) is 35.3 Å². The molecule has 3 atom stereocenters. The van der Waals surface area contributed by atoms with Crippen molar-refractivity contribution >= 4 is 40.5 Å². The fourth-order valence-corrected chi connectivity index (χ4v) is 5.42. The van der Waals surface area contributed by atoms with Gasteiger partial charge in [-0.3, -0.25) is 9.59 Å². The summed E-state index contributed by atoms with van der Waals surface area (Å²) < 4.78 is -0.483. The van der Waals surface area contributed by atoms with Gasteiger partial charge < -0.3 is 10.0 Å². The lowest BCUT2D eigenvalue weighted by molar-refractivity contribution is -0.151. The van der Waals surface area contributed by atoms with Gasteiger partial charge in [0.25, 0.3) is 0 Å². The summed E-state index contributed by atoms with van der Waals surface area (Å²) in [5.41, 5.74) is 0. The molecule has 7 heteroatoms. The Morgan fingerprint density at radius 2 is 1.95 bits per heavy atom. The van der Waals surface area contributed by atoms with Crippen LogP contribution in [-0.2, 0) is 14.4 Å². The topological polar surface area (TPSA) is 74.7 Å². The van der Waals surface area contributed by atoms with Gasteiger partial charge in [0.05, 0.1) is 11.8 Å². The number of thioether (sulfide) groups is 2. The molecule has 1 N–H and O–H groups in total. The molecule has 2 fully saturated rings. The second-order valence-electron chi connectivity index (χ2n) is 6.11. The quantitative estimate of drug-likeness (QED) is 0.854. The molecule has 1 unspecified atom stereocenters. The van der Waals surface area contributed by atoms with Crippen LogP contribution in [0.1, 0.15) is 40.0 Å². The van der Waals surface area contributed by atoms with Crippen LogP contribution >= 0.6 is 23.5 Å². The highest BCUT2D eigenvalue weighted by Crippen LogP contribution is 2.43. The van der Waals surface area contributed by atoms with Gasteiger partial charge in [-0.15, -0.1) is 11.8 Å². The lowest BCUT2D eigenvalue weighted by atomic mass is 9.99. The van der Waals surface area contributed by atoms with Crippen LogP contribution in [0.3, 0.4) is 0 Å². The Morgan fingerprint density at radius 1 is 1.29 bits per heavy atom. The summed E-state index contributed by atoms with van der Waals surface area (Å²) in [6, 6.07) is -0.793. The predicted octanol–water partition coefficient (Wildman–Crippen LogP) is 2.20. The summed E-state index contributed by atoms with van der Waals surface area (Å²) in [5.74, 6) is -0.865. The molecule has 0 bridgehead atoms. The molecule has 2 aliphatic rings. The monoisotopic (exact) mass is 331 g/mol. The van der Waals surface area contributed by atoms with E-state index in [9.17, 15) is 19.5 Å². The molecule has 1 aliphatic carbocycles. The summed E-state index contributed by atoms with van der Waals surface area (Å²) in [6.45, 7) is 5.24. The Hall–Kier alpha value is -0.690. The van der Waals surface area contributed by atoms with Crippen LogP contribution < -0.4 is 0 Å². The second-order valence-corrected chi connectivity index (χ2v) is 9.13. The highest BCUT2D eigenvalue weighted by atomic mass is 32.2. The zero-order chi connectivity index (χ0) is 15.8. The van der Waals surface area contributed by atoms with Gasteiger partial charge in [-0.2, -0.15) is 0 Å². The molecule has 0 aromatic heterocycles. The van der Waals surface area contributed by atoms with Crippen LogP contribution in [0.15, 0.2) is 0 Å². The minimum Gasteiger partial charge on any atom is -0.480 e. The number of carbonyl (C=O) groups excluding carboxylic acids is 2. The summed E-state index contributed by atoms with van der Waals surface area (Å²) in [7, 11) is 0. The predicted molar refractivity (Wildman–Crippen MR) is 84.2 cm³/mol. The third-order valence-corrected chi connectivity index (χ3v) is 6.72. The van der Waals surface area contributed by atoms with Crippen molar-refractivity contribution in [3.8, 4) is 0 Å². The zero-order valence-corrected chi connectivity index (χ0v) is 14.1. The van der Waals surface area contributed by atoms with Crippen molar-refractivity contribution in [1.82, 2.24) is 4.90 Å². The molecule has 0 radical (unpaired) electrons. The van der Waals surface area contributed by atoms with E-state index < -0.39 is 16.8 Å². The fraction of sp³-hybridized carbons (Fsp3) is 0.786. The summed E-state index contributed by atoms with van der Waals surface area (Å²) in [5, 5.41) is 9.47. The molecule has 118 valence electrons. The summed E-state index contributed by atoms with van der Waals surface area (Å²) >= 11 is 2.72. The number of nitrogens with zero attached hydrogens (tertiary/aromatic N) is 1. The molecule has 1 aliphatic heterocycles. The van der Waals surface area contributed by atoms with Crippen molar-refractivity contribution in [2.45, 2.75) is 56.1 Å². The lowest BCUT2D eigenvalue weighted by Crippen LogP contribution is -2.51. The first-order valence-electron chi connectivity index (χ1n) is 7.08. The van der Waals surface area contributed by atoms with Gasteiger partial charge in [-0.25, -0.2) is 4.79 Å². The van der Waals surface area contributed by atoms with Gasteiger partial charge in [-0.05, 0) is 26.7 Å². The van der Waals surface area contributed by atoms with Crippen LogP contribution in [0, 0.1) is 5.92 Å². The average Bonchev–Trinajstić information content (AvgIpc) is 2.91. The van der Waals surface area contributed by atoms with Gasteiger partial charge in [0.15, 0.2) is 5.12 Å². The largest absolute Gasteiger partial charge is 0.480 e. The first kappa shape index (κ1) is 16.7. The smallest absolute Gasteiger partial charge is 0.327 e. The number of carboxylic acids is 1. The normalized spacial score (nSPS) is 31.4. The Labute approximate surface area is 133 Å². The van der Waals surface area contributed by atoms with Gasteiger partial charge in [-0.1, -0.05) is 18.2 Å². The zero-order valence-electron chi connectivity index (χ0n) is 12.5. The highest BCUT2D eigenvalue weighted by Gasteiger charge is 2.50. The van der Waals surface area contributed by atoms with Crippen LogP contribution in [-0.4, -0.2) is 48.9 Å². The number of hydrogen-bond acceptors (Lipinski definition) is 5. The van der Waals surface area contributed by atoms with E-state index in [0.717, 1.165) is 19.3 Å². The van der Waals surface area contributed by atoms with E-state index in [2.05, 4.69) is 0 Å². The number of carboxylic acid groups (broad SMARTS) is 1. The van der Waals surface area contributed by atoms with Crippen LogP contribution in [0.5, 0.6) is 0 Å². The minimum atomic E-state index is -0.952. The number of amides is 1. The standard InChI is InChI=1S/C14H21NO4S2/c1-8(16)21-10-6-4-5-9(10)12(17)15-7-20-14(2,3)11(15)13(18)19/h9-11H,4-7H2,1-3H3,(H,18,19)/t9-,10+,11?/m0/s1.